The number of amides is 1. The summed E-state index contributed by atoms with van der Waals surface area (Å²) in [6.07, 6.45) is 5.74. The van der Waals surface area contributed by atoms with Gasteiger partial charge in [-0.05, 0) is 44.0 Å². The Morgan fingerprint density at radius 3 is 2.70 bits per heavy atom. The van der Waals surface area contributed by atoms with Gasteiger partial charge in [-0.15, -0.1) is 5.10 Å². The van der Waals surface area contributed by atoms with Crippen molar-refractivity contribution < 1.29 is 18.0 Å². The van der Waals surface area contributed by atoms with E-state index in [0.717, 1.165) is 0 Å². The van der Waals surface area contributed by atoms with Gasteiger partial charge in [-0.25, -0.2) is 18.1 Å². The molecule has 0 saturated heterocycles. The van der Waals surface area contributed by atoms with E-state index in [1.807, 2.05) is 0 Å². The second-order valence-corrected chi connectivity index (χ2v) is 11.4. The van der Waals surface area contributed by atoms with Crippen molar-refractivity contribution in [1.29, 1.82) is 0 Å². The molecule has 0 saturated carbocycles. The van der Waals surface area contributed by atoms with E-state index in [0.29, 0.717) is 41.9 Å². The summed E-state index contributed by atoms with van der Waals surface area (Å²) in [6, 6.07) is 7.49. The summed E-state index contributed by atoms with van der Waals surface area (Å²) in [5.74, 6) is -2.02. The highest BCUT2D eigenvalue weighted by Crippen LogP contribution is 2.37. The Kier molecular flexibility index (Phi) is 8.04. The van der Waals surface area contributed by atoms with Gasteiger partial charge < -0.3 is 9.73 Å². The van der Waals surface area contributed by atoms with Crippen molar-refractivity contribution in [2.45, 2.75) is 45.3 Å². The van der Waals surface area contributed by atoms with Crippen LogP contribution in [0.5, 0.6) is 0 Å². The van der Waals surface area contributed by atoms with Gasteiger partial charge in [0.05, 0.1) is 46.3 Å². The Bertz CT molecular complexity index is 1940. The third-order valence-electron chi connectivity index (χ3n) is 7.65. The van der Waals surface area contributed by atoms with Crippen LogP contribution in [0, 0.1) is 11.7 Å². The molecule has 2 unspecified atom stereocenters. The monoisotopic (exact) mass is 639 g/mol. The smallest absolute Gasteiger partial charge is 0.227 e. The molecule has 226 valence electrons. The number of aromatic nitrogens is 6. The number of carbonyl (C=O) groups is 1. The predicted molar refractivity (Wildman–Crippen MR) is 160 cm³/mol. The molecule has 10 nitrogen and oxygen atoms in total. The number of fused-ring (bicyclic) bond motifs is 4. The number of pyridine rings is 1. The zero-order chi connectivity index (χ0) is 31.1. The molecule has 5 heterocycles. The molecule has 0 aliphatic carbocycles. The molecule has 4 aromatic heterocycles. The number of halogens is 4. The first-order valence-corrected chi connectivity index (χ1v) is 14.6. The van der Waals surface area contributed by atoms with Gasteiger partial charge >= 0.3 is 0 Å². The van der Waals surface area contributed by atoms with Crippen molar-refractivity contribution in [3.63, 3.8) is 0 Å². The zero-order valence-corrected chi connectivity index (χ0v) is 25.0. The topological polar surface area (TPSA) is 121 Å². The SMILES string of the molecule is CC(F)n1ncc2c1-c1ccnc(c1)C(c1coc(-c3c(-n4cc(Cl)nn4)ccc(Cl)c3F)cc1=O)CCC[C@H](C)C(=O)N2. The van der Waals surface area contributed by atoms with Crippen molar-refractivity contribution in [1.82, 2.24) is 29.8 Å². The fourth-order valence-corrected chi connectivity index (χ4v) is 5.69. The van der Waals surface area contributed by atoms with Gasteiger partial charge in [-0.2, -0.15) is 5.10 Å². The van der Waals surface area contributed by atoms with Gasteiger partial charge in [0.25, 0.3) is 0 Å². The number of alkyl halides is 1. The fourth-order valence-electron chi connectivity index (χ4n) is 5.41. The highest BCUT2D eigenvalue weighted by atomic mass is 35.5. The number of anilines is 1. The molecular formula is C30H25Cl2F2N7O3. The Balaban J connectivity index is 1.47. The Morgan fingerprint density at radius 2 is 1.98 bits per heavy atom. The van der Waals surface area contributed by atoms with E-state index < -0.39 is 23.5 Å². The summed E-state index contributed by atoms with van der Waals surface area (Å²) < 4.78 is 38.3. The third-order valence-corrected chi connectivity index (χ3v) is 8.11. The Hall–Kier alpha value is -4.42. The molecule has 44 heavy (non-hydrogen) atoms. The predicted octanol–water partition coefficient (Wildman–Crippen LogP) is 6.97. The van der Waals surface area contributed by atoms with Gasteiger partial charge in [-0.3, -0.25) is 14.6 Å². The lowest BCUT2D eigenvalue weighted by Gasteiger charge is -2.21. The maximum atomic E-state index is 15.4. The van der Waals surface area contributed by atoms with E-state index in [9.17, 15) is 14.0 Å². The molecule has 3 atom stereocenters. The fraction of sp³-hybridized carbons (Fsp3) is 0.267. The number of nitrogens with one attached hydrogen (secondary N) is 1. The standard InChI is InChI=1S/C30H25Cl2F2N7O3/c1-15-4-3-5-18(21-10-17(8-9-35-21)29-22(37-30(15)43)12-36-41(29)16(2)33)19-14-44-25(11-24(19)42)27-23(7-6-20(31)28(27)34)40-13-26(32)38-39-40/h6-16,18H,3-5H2,1-2H3,(H,37,43)/t15-,16?,18?/m0/s1. The van der Waals surface area contributed by atoms with E-state index in [1.165, 1.54) is 53.1 Å². The van der Waals surface area contributed by atoms with Crippen LogP contribution in [0.1, 0.15) is 56.6 Å². The highest BCUT2D eigenvalue weighted by molar-refractivity contribution is 6.31. The molecule has 0 radical (unpaired) electrons. The largest absolute Gasteiger partial charge is 0.464 e. The lowest BCUT2D eigenvalue weighted by molar-refractivity contribution is -0.119. The number of rotatable bonds is 4. The van der Waals surface area contributed by atoms with Crippen molar-refractivity contribution >= 4 is 34.8 Å². The van der Waals surface area contributed by atoms with Crippen LogP contribution in [0.4, 0.5) is 14.5 Å². The van der Waals surface area contributed by atoms with E-state index in [2.05, 4.69) is 25.7 Å². The van der Waals surface area contributed by atoms with Crippen molar-refractivity contribution in [3.8, 4) is 28.3 Å². The van der Waals surface area contributed by atoms with E-state index >= 15 is 4.39 Å². The maximum absolute atomic E-state index is 15.4. The average Bonchev–Trinajstić information content (AvgIpc) is 3.62. The third kappa shape index (κ3) is 5.50. The first-order valence-electron chi connectivity index (χ1n) is 13.8. The molecule has 0 spiro atoms. The van der Waals surface area contributed by atoms with Crippen LogP contribution in [-0.2, 0) is 4.79 Å². The number of nitrogens with zero attached hydrogens (tertiary/aromatic N) is 6. The van der Waals surface area contributed by atoms with Crippen molar-refractivity contribution in [3.05, 3.63) is 92.7 Å². The maximum Gasteiger partial charge on any atom is 0.227 e. The minimum Gasteiger partial charge on any atom is -0.464 e. The molecule has 1 aliphatic heterocycles. The average molecular weight is 640 g/mol. The van der Waals surface area contributed by atoms with Gasteiger partial charge in [-0.1, -0.05) is 41.8 Å². The van der Waals surface area contributed by atoms with Crippen LogP contribution >= 0.6 is 23.2 Å². The highest BCUT2D eigenvalue weighted by Gasteiger charge is 2.27. The van der Waals surface area contributed by atoms with Crippen molar-refractivity contribution in [2.75, 3.05) is 5.32 Å². The van der Waals surface area contributed by atoms with Crippen LogP contribution < -0.4 is 10.7 Å². The first kappa shape index (κ1) is 29.6. The molecule has 0 fully saturated rings. The lowest BCUT2D eigenvalue weighted by Crippen LogP contribution is -2.22. The van der Waals surface area contributed by atoms with Crippen LogP contribution in [0.2, 0.25) is 10.2 Å². The number of hydrogen-bond acceptors (Lipinski definition) is 7. The summed E-state index contributed by atoms with van der Waals surface area (Å²) >= 11 is 12.0. The Labute approximate surface area is 259 Å². The van der Waals surface area contributed by atoms with E-state index in [-0.39, 0.29) is 44.6 Å². The molecule has 14 heteroatoms. The second-order valence-electron chi connectivity index (χ2n) is 10.6. The van der Waals surface area contributed by atoms with Gasteiger partial charge in [0.1, 0.15) is 5.76 Å². The van der Waals surface area contributed by atoms with Crippen LogP contribution in [0.3, 0.4) is 0 Å². The van der Waals surface area contributed by atoms with E-state index in [1.54, 1.807) is 25.3 Å². The van der Waals surface area contributed by atoms with Gasteiger partial charge in [0.15, 0.2) is 22.7 Å². The number of carbonyl (C=O) groups excluding carboxylic acids is 1. The van der Waals surface area contributed by atoms with E-state index in [4.69, 9.17) is 27.6 Å². The molecule has 6 rings (SSSR count). The van der Waals surface area contributed by atoms with Gasteiger partial charge in [0, 0.05) is 40.9 Å². The van der Waals surface area contributed by atoms with Crippen LogP contribution in [-0.4, -0.2) is 35.7 Å². The normalized spacial score (nSPS) is 17.7. The number of hydrogen-bond donors (Lipinski definition) is 1. The minimum atomic E-state index is -1.47. The number of benzene rings is 1. The first-order chi connectivity index (χ1) is 21.1. The quantitative estimate of drug-likeness (QED) is 0.225. The van der Waals surface area contributed by atoms with Gasteiger partial charge in [0.2, 0.25) is 5.91 Å². The Morgan fingerprint density at radius 1 is 1.16 bits per heavy atom. The molecule has 1 aliphatic rings. The van der Waals surface area contributed by atoms with Crippen LogP contribution in [0.15, 0.2) is 64.4 Å². The van der Waals surface area contributed by atoms with Crippen LogP contribution in [0.25, 0.3) is 28.3 Å². The summed E-state index contributed by atoms with van der Waals surface area (Å²) in [4.78, 5) is 31.3. The zero-order valence-electron chi connectivity index (χ0n) is 23.5. The summed E-state index contributed by atoms with van der Waals surface area (Å²) in [5.41, 5.74) is 1.83. The second kappa shape index (κ2) is 11.9. The molecule has 2 bridgehead atoms. The lowest BCUT2D eigenvalue weighted by atomic mass is 9.88. The molecule has 1 N–H and O–H groups in total. The van der Waals surface area contributed by atoms with Crippen molar-refractivity contribution in [2.24, 2.45) is 5.92 Å². The summed E-state index contributed by atoms with van der Waals surface area (Å²) in [6.45, 7) is 3.15. The molecule has 1 aromatic carbocycles. The molecule has 1 amide bonds. The minimum absolute atomic E-state index is 0.0778. The molecular weight excluding hydrogens is 615 g/mol. The summed E-state index contributed by atoms with van der Waals surface area (Å²) in [5, 5.41) is 14.6. The molecule has 5 aromatic rings. The summed E-state index contributed by atoms with van der Waals surface area (Å²) in [7, 11) is 0.